The molecule has 0 aliphatic heterocycles. The molecule has 7 nitrogen and oxygen atoms in total. The molecule has 1 aliphatic rings. The van der Waals surface area contributed by atoms with Crippen LogP contribution in [0.4, 0.5) is 0 Å². The highest BCUT2D eigenvalue weighted by molar-refractivity contribution is 7.11. The predicted molar refractivity (Wildman–Crippen MR) is 100 cm³/mol. The zero-order valence-corrected chi connectivity index (χ0v) is 15.6. The molecule has 1 saturated carbocycles. The third kappa shape index (κ3) is 4.06. The zero-order valence-electron chi connectivity index (χ0n) is 14.8. The molecular formula is C19H20N4O3S. The zero-order chi connectivity index (χ0) is 18.8. The fourth-order valence-corrected chi connectivity index (χ4v) is 4.06. The first kappa shape index (κ1) is 17.8. The second kappa shape index (κ2) is 7.58. The van der Waals surface area contributed by atoms with Gasteiger partial charge in [0.25, 0.3) is 5.91 Å². The number of nitrogens with zero attached hydrogens (tertiary/aromatic N) is 3. The van der Waals surface area contributed by atoms with Crippen LogP contribution in [-0.4, -0.2) is 32.4 Å². The number of carbonyl (C=O) groups excluding carboxylic acids is 1. The first-order chi connectivity index (χ1) is 13.1. The predicted octanol–water partition coefficient (Wildman–Crippen LogP) is 3.00. The molecular weight excluding hydrogens is 364 g/mol. The Hall–Kier alpha value is -2.58. The molecule has 1 aromatic carbocycles. The Kier molecular flexibility index (Phi) is 5.00. The number of hydrogen-bond donors (Lipinski definition) is 2. The van der Waals surface area contributed by atoms with Crippen LogP contribution in [0, 0.1) is 5.92 Å². The van der Waals surface area contributed by atoms with E-state index in [1.807, 2.05) is 30.3 Å². The van der Waals surface area contributed by atoms with Crippen molar-refractivity contribution in [3.8, 4) is 11.3 Å². The molecule has 27 heavy (non-hydrogen) atoms. The molecule has 4 rings (SSSR count). The van der Waals surface area contributed by atoms with Crippen molar-refractivity contribution in [2.45, 2.75) is 38.3 Å². The quantitative estimate of drug-likeness (QED) is 0.677. The number of benzene rings is 1. The van der Waals surface area contributed by atoms with Gasteiger partial charge in [0.15, 0.2) is 0 Å². The van der Waals surface area contributed by atoms with Gasteiger partial charge in [-0.2, -0.15) is 0 Å². The molecule has 2 N–H and O–H groups in total. The molecule has 1 amide bonds. The van der Waals surface area contributed by atoms with Crippen molar-refractivity contribution in [2.75, 3.05) is 0 Å². The normalized spacial score (nSPS) is 20.1. The number of rotatable bonds is 6. The van der Waals surface area contributed by atoms with Crippen molar-refractivity contribution < 1.29 is 14.4 Å². The number of hydrogen-bond acceptors (Lipinski definition) is 7. The van der Waals surface area contributed by atoms with Gasteiger partial charge in [-0.3, -0.25) is 4.79 Å². The van der Waals surface area contributed by atoms with Gasteiger partial charge in [-0.15, -0.1) is 10.2 Å². The summed E-state index contributed by atoms with van der Waals surface area (Å²) in [4.78, 5) is 12.3. The van der Waals surface area contributed by atoms with Crippen LogP contribution < -0.4 is 5.32 Å². The summed E-state index contributed by atoms with van der Waals surface area (Å²) in [6.07, 6.45) is 2.05. The van der Waals surface area contributed by atoms with Crippen LogP contribution in [0.5, 0.6) is 0 Å². The summed E-state index contributed by atoms with van der Waals surface area (Å²) in [6, 6.07) is 11.4. The summed E-state index contributed by atoms with van der Waals surface area (Å²) < 4.78 is 5.20. The van der Waals surface area contributed by atoms with Gasteiger partial charge in [-0.05, 0) is 25.7 Å². The van der Waals surface area contributed by atoms with Crippen LogP contribution in [-0.2, 0) is 6.42 Å². The van der Waals surface area contributed by atoms with Gasteiger partial charge in [0.1, 0.15) is 21.8 Å². The summed E-state index contributed by atoms with van der Waals surface area (Å²) in [5.74, 6) is 0.461. The second-order valence-electron chi connectivity index (χ2n) is 6.86. The lowest BCUT2D eigenvalue weighted by Gasteiger charge is -2.35. The monoisotopic (exact) mass is 384 g/mol. The average molecular weight is 384 g/mol. The topological polar surface area (TPSA) is 101 Å². The maximum absolute atomic E-state index is 12.3. The molecule has 0 saturated heterocycles. The summed E-state index contributed by atoms with van der Waals surface area (Å²) in [7, 11) is 0. The minimum atomic E-state index is -0.577. The molecule has 8 heteroatoms. The molecule has 2 heterocycles. The van der Waals surface area contributed by atoms with E-state index in [2.05, 4.69) is 20.7 Å². The minimum absolute atomic E-state index is 0.136. The Morgan fingerprint density at radius 2 is 2.11 bits per heavy atom. The smallest absolute Gasteiger partial charge is 0.290 e. The lowest BCUT2D eigenvalue weighted by atomic mass is 9.78. The first-order valence-electron chi connectivity index (χ1n) is 8.92. The number of aliphatic hydroxyl groups is 1. The SMILES string of the molecule is CC(O)c1nnc(C[C@H]2C[C@@H](NC(=O)c3cc(-c4ccccc4)no3)C2)s1. The Balaban J connectivity index is 1.27. The third-order valence-electron chi connectivity index (χ3n) is 4.68. The molecule has 0 radical (unpaired) electrons. The minimum Gasteiger partial charge on any atom is -0.386 e. The van der Waals surface area contributed by atoms with Gasteiger partial charge in [0.2, 0.25) is 5.76 Å². The van der Waals surface area contributed by atoms with Crippen molar-refractivity contribution in [3.63, 3.8) is 0 Å². The maximum Gasteiger partial charge on any atom is 0.290 e. The molecule has 0 spiro atoms. The second-order valence-corrected chi connectivity index (χ2v) is 7.96. The fraction of sp³-hybridized carbons (Fsp3) is 0.368. The Bertz CT molecular complexity index is 916. The summed E-state index contributed by atoms with van der Waals surface area (Å²) in [6.45, 7) is 1.69. The van der Waals surface area contributed by atoms with E-state index >= 15 is 0 Å². The standard InChI is InChI=1S/C19H20N4O3S/c1-11(24)19-22-21-17(27-19)9-12-7-14(8-12)20-18(25)16-10-15(23-26-16)13-5-3-2-4-6-13/h2-6,10-12,14,24H,7-9H2,1H3,(H,20,25)/t11?,12-,14+. The van der Waals surface area contributed by atoms with E-state index in [0.29, 0.717) is 16.6 Å². The molecule has 1 fully saturated rings. The highest BCUT2D eigenvalue weighted by Crippen LogP contribution is 2.32. The van der Waals surface area contributed by atoms with Crippen LogP contribution in [0.25, 0.3) is 11.3 Å². The van der Waals surface area contributed by atoms with E-state index < -0.39 is 6.10 Å². The van der Waals surface area contributed by atoms with Crippen molar-refractivity contribution >= 4 is 17.2 Å². The number of nitrogens with one attached hydrogen (secondary N) is 1. The number of aliphatic hydroxyl groups excluding tert-OH is 1. The highest BCUT2D eigenvalue weighted by atomic mass is 32.1. The van der Waals surface area contributed by atoms with Gasteiger partial charge in [0.05, 0.1) is 0 Å². The van der Waals surface area contributed by atoms with Crippen LogP contribution in [0.2, 0.25) is 0 Å². The largest absolute Gasteiger partial charge is 0.386 e. The van der Waals surface area contributed by atoms with Crippen molar-refractivity contribution in [2.24, 2.45) is 5.92 Å². The van der Waals surface area contributed by atoms with Crippen LogP contribution in [0.1, 0.15) is 46.4 Å². The van der Waals surface area contributed by atoms with Gasteiger partial charge < -0.3 is 14.9 Å². The van der Waals surface area contributed by atoms with E-state index in [4.69, 9.17) is 4.52 Å². The molecule has 1 aliphatic carbocycles. The molecule has 0 bridgehead atoms. The lowest BCUT2D eigenvalue weighted by molar-refractivity contribution is 0.0852. The van der Waals surface area contributed by atoms with E-state index in [1.54, 1.807) is 13.0 Å². The Labute approximate surface area is 160 Å². The van der Waals surface area contributed by atoms with Gasteiger partial charge in [-0.25, -0.2) is 0 Å². The van der Waals surface area contributed by atoms with Gasteiger partial charge in [0, 0.05) is 24.1 Å². The van der Waals surface area contributed by atoms with E-state index in [1.165, 1.54) is 11.3 Å². The van der Waals surface area contributed by atoms with Crippen molar-refractivity contribution in [1.29, 1.82) is 0 Å². The average Bonchev–Trinajstić information content (AvgIpc) is 3.30. The molecule has 140 valence electrons. The summed E-state index contributed by atoms with van der Waals surface area (Å²) in [5.41, 5.74) is 1.56. The third-order valence-corrected chi connectivity index (χ3v) is 5.79. The van der Waals surface area contributed by atoms with Gasteiger partial charge >= 0.3 is 0 Å². The van der Waals surface area contributed by atoms with Gasteiger partial charge in [-0.1, -0.05) is 46.8 Å². The van der Waals surface area contributed by atoms with Crippen LogP contribution >= 0.6 is 11.3 Å². The molecule has 1 atom stereocenters. The molecule has 1 unspecified atom stereocenters. The van der Waals surface area contributed by atoms with Crippen LogP contribution in [0.15, 0.2) is 40.9 Å². The van der Waals surface area contributed by atoms with Crippen molar-refractivity contribution in [1.82, 2.24) is 20.7 Å². The Morgan fingerprint density at radius 3 is 2.81 bits per heavy atom. The summed E-state index contributed by atoms with van der Waals surface area (Å²) >= 11 is 1.45. The number of carbonyl (C=O) groups is 1. The van der Waals surface area contributed by atoms with Crippen molar-refractivity contribution in [3.05, 3.63) is 52.2 Å². The van der Waals surface area contributed by atoms with Crippen LogP contribution in [0.3, 0.4) is 0 Å². The fourth-order valence-electron chi connectivity index (χ4n) is 3.17. The lowest BCUT2D eigenvalue weighted by Crippen LogP contribution is -2.44. The summed E-state index contributed by atoms with van der Waals surface area (Å²) in [5, 5.41) is 26.2. The Morgan fingerprint density at radius 1 is 1.33 bits per heavy atom. The number of aromatic nitrogens is 3. The van der Waals surface area contributed by atoms with E-state index in [0.717, 1.165) is 29.8 Å². The molecule has 3 aromatic rings. The maximum atomic E-state index is 12.3. The number of amides is 1. The highest BCUT2D eigenvalue weighted by Gasteiger charge is 2.32. The molecule has 2 aromatic heterocycles. The van der Waals surface area contributed by atoms with E-state index in [9.17, 15) is 9.90 Å². The van der Waals surface area contributed by atoms with E-state index in [-0.39, 0.29) is 17.7 Å². The first-order valence-corrected chi connectivity index (χ1v) is 9.73.